The zero-order valence-electron chi connectivity index (χ0n) is 14.2. The van der Waals surface area contributed by atoms with Crippen LogP contribution in [0.5, 0.6) is 0 Å². The molecule has 4 nitrogen and oxygen atoms in total. The lowest BCUT2D eigenvalue weighted by molar-refractivity contribution is 0.159. The van der Waals surface area contributed by atoms with E-state index in [4.69, 9.17) is 0 Å². The second-order valence-electron chi connectivity index (χ2n) is 7.04. The van der Waals surface area contributed by atoms with Gasteiger partial charge in [-0.3, -0.25) is 4.90 Å². The Balaban J connectivity index is 1.39. The van der Waals surface area contributed by atoms with Crippen LogP contribution in [-0.4, -0.2) is 58.1 Å². The van der Waals surface area contributed by atoms with E-state index in [1.165, 1.54) is 77.7 Å². The normalized spacial score (nSPS) is 22.8. The average molecular weight is 304 g/mol. The van der Waals surface area contributed by atoms with Crippen LogP contribution in [0.1, 0.15) is 50.8 Å². The number of imidazole rings is 1. The summed E-state index contributed by atoms with van der Waals surface area (Å²) in [6.45, 7) is 9.58. The molecule has 0 radical (unpaired) electrons. The molecule has 1 aliphatic carbocycles. The summed E-state index contributed by atoms with van der Waals surface area (Å²) < 4.78 is 2.27. The summed E-state index contributed by atoms with van der Waals surface area (Å²) >= 11 is 0. The van der Waals surface area contributed by atoms with E-state index in [2.05, 4.69) is 32.5 Å². The highest BCUT2D eigenvalue weighted by Gasteiger charge is 2.23. The summed E-state index contributed by atoms with van der Waals surface area (Å²) in [5.41, 5.74) is 0. The van der Waals surface area contributed by atoms with Gasteiger partial charge in [-0.1, -0.05) is 19.3 Å². The van der Waals surface area contributed by atoms with Crippen molar-refractivity contribution in [2.75, 3.05) is 32.7 Å². The highest BCUT2D eigenvalue weighted by atomic mass is 15.2. The van der Waals surface area contributed by atoms with Crippen LogP contribution in [0.25, 0.3) is 0 Å². The molecule has 2 fully saturated rings. The molecule has 1 saturated carbocycles. The summed E-state index contributed by atoms with van der Waals surface area (Å²) in [6.07, 6.45) is 13.8. The Morgan fingerprint density at radius 1 is 1.00 bits per heavy atom. The molecule has 3 rings (SSSR count). The molecule has 0 amide bonds. The number of rotatable bonds is 5. The molecule has 0 atom stereocenters. The van der Waals surface area contributed by atoms with Gasteiger partial charge in [0.25, 0.3) is 0 Å². The largest absolute Gasteiger partial charge is 0.335 e. The first kappa shape index (κ1) is 16.0. The number of aromatic nitrogens is 2. The predicted molar refractivity (Wildman–Crippen MR) is 91.1 cm³/mol. The summed E-state index contributed by atoms with van der Waals surface area (Å²) in [6, 6.07) is 0.891. The summed E-state index contributed by atoms with van der Waals surface area (Å²) in [4.78, 5) is 9.77. The Labute approximate surface area is 135 Å². The van der Waals surface area contributed by atoms with Gasteiger partial charge >= 0.3 is 0 Å². The van der Waals surface area contributed by atoms with Crippen LogP contribution in [0.4, 0.5) is 0 Å². The first-order chi connectivity index (χ1) is 10.8. The Hall–Kier alpha value is -0.870. The highest BCUT2D eigenvalue weighted by Crippen LogP contribution is 2.23. The zero-order valence-corrected chi connectivity index (χ0v) is 14.2. The standard InChI is InChI=1S/C18H32N4/c1-17-19-9-14-21(17)12-5-10-20-11-6-13-22(16-15-20)18-7-3-2-4-8-18/h9,14,18H,2-8,10-13,15-16H2,1H3. The minimum Gasteiger partial charge on any atom is -0.335 e. The van der Waals surface area contributed by atoms with Gasteiger partial charge in [-0.2, -0.15) is 0 Å². The van der Waals surface area contributed by atoms with Crippen molar-refractivity contribution in [1.82, 2.24) is 19.4 Å². The van der Waals surface area contributed by atoms with E-state index in [0.717, 1.165) is 18.4 Å². The fourth-order valence-electron chi connectivity index (χ4n) is 4.13. The van der Waals surface area contributed by atoms with E-state index in [9.17, 15) is 0 Å². The summed E-state index contributed by atoms with van der Waals surface area (Å²) in [7, 11) is 0. The third-order valence-corrected chi connectivity index (χ3v) is 5.51. The second kappa shape index (κ2) is 8.11. The molecule has 1 aromatic heterocycles. The molecule has 1 saturated heterocycles. The number of hydrogen-bond donors (Lipinski definition) is 0. The third-order valence-electron chi connectivity index (χ3n) is 5.51. The Morgan fingerprint density at radius 2 is 1.86 bits per heavy atom. The first-order valence-corrected chi connectivity index (χ1v) is 9.27. The van der Waals surface area contributed by atoms with E-state index in [-0.39, 0.29) is 0 Å². The molecule has 0 aromatic carbocycles. The maximum Gasteiger partial charge on any atom is 0.105 e. The van der Waals surface area contributed by atoms with Crippen LogP contribution in [0.15, 0.2) is 12.4 Å². The van der Waals surface area contributed by atoms with Crippen molar-refractivity contribution in [3.63, 3.8) is 0 Å². The van der Waals surface area contributed by atoms with Crippen LogP contribution in [0.2, 0.25) is 0 Å². The maximum atomic E-state index is 4.30. The molecule has 0 bridgehead atoms. The van der Waals surface area contributed by atoms with Crippen molar-refractivity contribution in [1.29, 1.82) is 0 Å². The molecule has 124 valence electrons. The van der Waals surface area contributed by atoms with E-state index in [0.29, 0.717) is 0 Å². The molecule has 2 aliphatic rings. The van der Waals surface area contributed by atoms with Gasteiger partial charge in [0, 0.05) is 38.1 Å². The topological polar surface area (TPSA) is 24.3 Å². The van der Waals surface area contributed by atoms with Gasteiger partial charge in [0.1, 0.15) is 5.82 Å². The smallest absolute Gasteiger partial charge is 0.105 e. The van der Waals surface area contributed by atoms with E-state index in [1.54, 1.807) is 0 Å². The number of hydrogen-bond acceptors (Lipinski definition) is 3. The fraction of sp³-hybridized carbons (Fsp3) is 0.833. The van der Waals surface area contributed by atoms with Crippen molar-refractivity contribution in [3.05, 3.63) is 18.2 Å². The Bertz CT molecular complexity index is 436. The Kier molecular flexibility index (Phi) is 5.90. The molecule has 1 aliphatic heterocycles. The van der Waals surface area contributed by atoms with Crippen LogP contribution in [-0.2, 0) is 6.54 Å². The monoisotopic (exact) mass is 304 g/mol. The van der Waals surface area contributed by atoms with Gasteiger partial charge in [-0.05, 0) is 52.2 Å². The van der Waals surface area contributed by atoms with Crippen molar-refractivity contribution in [3.8, 4) is 0 Å². The molecular weight excluding hydrogens is 272 g/mol. The molecular formula is C18H32N4. The van der Waals surface area contributed by atoms with Crippen molar-refractivity contribution in [2.24, 2.45) is 0 Å². The number of aryl methyl sites for hydroxylation is 2. The second-order valence-corrected chi connectivity index (χ2v) is 7.04. The molecule has 22 heavy (non-hydrogen) atoms. The van der Waals surface area contributed by atoms with Gasteiger partial charge in [-0.25, -0.2) is 4.98 Å². The zero-order chi connectivity index (χ0) is 15.2. The average Bonchev–Trinajstić information content (AvgIpc) is 2.82. The Morgan fingerprint density at radius 3 is 2.64 bits per heavy atom. The van der Waals surface area contributed by atoms with Crippen molar-refractivity contribution < 1.29 is 0 Å². The van der Waals surface area contributed by atoms with Gasteiger partial charge in [0.15, 0.2) is 0 Å². The van der Waals surface area contributed by atoms with Crippen LogP contribution < -0.4 is 0 Å². The van der Waals surface area contributed by atoms with Gasteiger partial charge in [0.05, 0.1) is 0 Å². The van der Waals surface area contributed by atoms with Crippen LogP contribution in [0.3, 0.4) is 0 Å². The van der Waals surface area contributed by atoms with Crippen molar-refractivity contribution in [2.45, 2.75) is 64.5 Å². The lowest BCUT2D eigenvalue weighted by Gasteiger charge is -2.33. The molecule has 0 N–H and O–H groups in total. The molecule has 1 aromatic rings. The van der Waals surface area contributed by atoms with E-state index in [1.807, 2.05) is 6.20 Å². The minimum atomic E-state index is 0.891. The lowest BCUT2D eigenvalue weighted by atomic mass is 9.94. The van der Waals surface area contributed by atoms with E-state index >= 15 is 0 Å². The number of nitrogens with zero attached hydrogens (tertiary/aromatic N) is 4. The minimum absolute atomic E-state index is 0.891. The van der Waals surface area contributed by atoms with Gasteiger partial charge < -0.3 is 9.47 Å². The molecule has 0 unspecified atom stereocenters. The maximum absolute atomic E-state index is 4.30. The molecule has 4 heteroatoms. The predicted octanol–water partition coefficient (Wildman–Crippen LogP) is 2.92. The quantitative estimate of drug-likeness (QED) is 0.836. The van der Waals surface area contributed by atoms with Crippen molar-refractivity contribution >= 4 is 0 Å². The van der Waals surface area contributed by atoms with E-state index < -0.39 is 0 Å². The van der Waals surface area contributed by atoms with Crippen LogP contribution >= 0.6 is 0 Å². The molecule has 2 heterocycles. The first-order valence-electron chi connectivity index (χ1n) is 9.27. The van der Waals surface area contributed by atoms with Gasteiger partial charge in [-0.15, -0.1) is 0 Å². The fourth-order valence-corrected chi connectivity index (χ4v) is 4.13. The van der Waals surface area contributed by atoms with Crippen LogP contribution in [0, 0.1) is 6.92 Å². The SMILES string of the molecule is Cc1nccn1CCCN1CCCN(C2CCCCC2)CC1. The summed E-state index contributed by atoms with van der Waals surface area (Å²) in [5, 5.41) is 0. The molecule has 0 spiro atoms. The highest BCUT2D eigenvalue weighted by molar-refractivity contribution is 4.88. The van der Waals surface area contributed by atoms with Gasteiger partial charge in [0.2, 0.25) is 0 Å². The summed E-state index contributed by atoms with van der Waals surface area (Å²) in [5.74, 6) is 1.14. The third kappa shape index (κ3) is 4.32. The lowest BCUT2D eigenvalue weighted by Crippen LogP contribution is -2.39.